The molecule has 0 bridgehead atoms. The molecule has 54 heavy (non-hydrogen) atoms. The third-order valence-electron chi connectivity index (χ3n) is 12.7. The Labute approximate surface area is 319 Å². The normalized spacial score (nSPS) is 14.3. The average Bonchev–Trinajstić information content (AvgIpc) is 3.68. The third kappa shape index (κ3) is 4.51. The highest BCUT2D eigenvalue weighted by Crippen LogP contribution is 2.58. The molecule has 260 valence electrons. The number of hydrogen-bond acceptors (Lipinski definition) is 1. The number of rotatable bonds is 7. The molecule has 8 aromatic rings. The molecule has 0 atom stereocenters. The van der Waals surface area contributed by atoms with Gasteiger partial charge in [-0.3, -0.25) is 0 Å². The van der Waals surface area contributed by atoms with E-state index < -0.39 is 5.41 Å². The molecular weight excluding hydrogens is 651 g/mol. The van der Waals surface area contributed by atoms with E-state index in [9.17, 15) is 0 Å². The largest absolute Gasteiger partial charge is 0.310 e. The van der Waals surface area contributed by atoms with Crippen molar-refractivity contribution in [2.75, 3.05) is 4.90 Å². The van der Waals surface area contributed by atoms with E-state index in [4.69, 9.17) is 0 Å². The van der Waals surface area contributed by atoms with Gasteiger partial charge < -0.3 is 4.90 Å². The van der Waals surface area contributed by atoms with Crippen LogP contribution in [0.5, 0.6) is 0 Å². The molecule has 0 saturated heterocycles. The van der Waals surface area contributed by atoms with Crippen LogP contribution < -0.4 is 4.90 Å². The molecule has 0 N–H and O–H groups in total. The van der Waals surface area contributed by atoms with E-state index in [0.717, 1.165) is 18.5 Å². The monoisotopic (exact) mass is 693 g/mol. The van der Waals surface area contributed by atoms with Gasteiger partial charge in [0.2, 0.25) is 0 Å². The summed E-state index contributed by atoms with van der Waals surface area (Å²) in [5.74, 6) is 0. The van der Waals surface area contributed by atoms with Gasteiger partial charge in [0.1, 0.15) is 0 Å². The number of para-hydroxylation sites is 1. The first-order valence-electron chi connectivity index (χ1n) is 19.5. The first kappa shape index (κ1) is 32.5. The van der Waals surface area contributed by atoms with Crippen LogP contribution in [-0.2, 0) is 10.8 Å². The Balaban J connectivity index is 1.24. The zero-order chi connectivity index (χ0) is 36.4. The fourth-order valence-corrected chi connectivity index (χ4v) is 10.1. The minimum Gasteiger partial charge on any atom is -0.310 e. The van der Waals surface area contributed by atoms with E-state index in [2.05, 4.69) is 208 Å². The van der Waals surface area contributed by atoms with Gasteiger partial charge in [-0.05, 0) is 134 Å². The quantitative estimate of drug-likeness (QED) is 0.161. The second kappa shape index (κ2) is 12.5. The standard InChI is InChI=1S/C53H43N/c1-4-52(5-2)47-31-29-41(34-46(47)45-32-37-19-13-14-20-38(37)33-49(45)52)54(51-27-17-12-18-36(51)3)42-28-30-44-43-25-15-16-26-48(43)53(50(44)35-42,39-21-8-6-9-22-39)40-23-10-7-11-24-40/h6-35H,4-5H2,1-3H3. The summed E-state index contributed by atoms with van der Waals surface area (Å²) < 4.78 is 0. The highest BCUT2D eigenvalue weighted by atomic mass is 15.1. The number of fused-ring (bicyclic) bond motifs is 7. The molecular formula is C53H43N. The lowest BCUT2D eigenvalue weighted by atomic mass is 9.67. The van der Waals surface area contributed by atoms with Gasteiger partial charge in [0.05, 0.1) is 5.41 Å². The molecule has 0 aromatic heterocycles. The van der Waals surface area contributed by atoms with Crippen LogP contribution in [0.1, 0.15) is 65.6 Å². The predicted octanol–water partition coefficient (Wildman–Crippen LogP) is 14.1. The molecule has 0 spiro atoms. The first-order chi connectivity index (χ1) is 26.6. The second-order valence-electron chi connectivity index (χ2n) is 15.1. The van der Waals surface area contributed by atoms with E-state index in [1.54, 1.807) is 0 Å². The summed E-state index contributed by atoms with van der Waals surface area (Å²) in [5.41, 5.74) is 17.7. The van der Waals surface area contributed by atoms with Crippen LogP contribution in [0.3, 0.4) is 0 Å². The van der Waals surface area contributed by atoms with Gasteiger partial charge >= 0.3 is 0 Å². The minimum absolute atomic E-state index is 0.00889. The molecule has 2 aliphatic rings. The van der Waals surface area contributed by atoms with E-state index in [-0.39, 0.29) is 5.41 Å². The van der Waals surface area contributed by atoms with Gasteiger partial charge in [0.25, 0.3) is 0 Å². The number of aryl methyl sites for hydroxylation is 1. The number of anilines is 3. The Kier molecular flexibility index (Phi) is 7.49. The van der Waals surface area contributed by atoms with Gasteiger partial charge in [0, 0.05) is 22.5 Å². The number of hydrogen-bond donors (Lipinski definition) is 0. The van der Waals surface area contributed by atoms with Crippen molar-refractivity contribution in [3.63, 3.8) is 0 Å². The van der Waals surface area contributed by atoms with Crippen molar-refractivity contribution < 1.29 is 0 Å². The van der Waals surface area contributed by atoms with Crippen LogP contribution in [0.15, 0.2) is 182 Å². The zero-order valence-corrected chi connectivity index (χ0v) is 31.2. The van der Waals surface area contributed by atoms with Gasteiger partial charge in [0.15, 0.2) is 0 Å². The van der Waals surface area contributed by atoms with Crippen LogP contribution in [0.4, 0.5) is 17.1 Å². The van der Waals surface area contributed by atoms with E-state index >= 15 is 0 Å². The maximum absolute atomic E-state index is 2.50. The number of benzene rings is 8. The van der Waals surface area contributed by atoms with Crippen LogP contribution in [0, 0.1) is 6.92 Å². The van der Waals surface area contributed by atoms with Crippen molar-refractivity contribution in [1.29, 1.82) is 0 Å². The van der Waals surface area contributed by atoms with Crippen LogP contribution >= 0.6 is 0 Å². The Morgan fingerprint density at radius 1 is 0.407 bits per heavy atom. The Morgan fingerprint density at radius 2 is 0.963 bits per heavy atom. The molecule has 1 nitrogen and oxygen atoms in total. The molecule has 2 aliphatic carbocycles. The van der Waals surface area contributed by atoms with Crippen LogP contribution in [0.25, 0.3) is 33.0 Å². The van der Waals surface area contributed by atoms with E-state index in [1.807, 2.05) is 0 Å². The van der Waals surface area contributed by atoms with Crippen molar-refractivity contribution in [1.82, 2.24) is 0 Å². The molecule has 0 saturated carbocycles. The van der Waals surface area contributed by atoms with Crippen molar-refractivity contribution in [2.24, 2.45) is 0 Å². The Bertz CT molecular complexity index is 2660. The molecule has 10 rings (SSSR count). The molecule has 0 heterocycles. The third-order valence-corrected chi connectivity index (χ3v) is 12.7. The molecule has 0 radical (unpaired) electrons. The predicted molar refractivity (Wildman–Crippen MR) is 227 cm³/mol. The summed E-state index contributed by atoms with van der Waals surface area (Å²) in [5, 5.41) is 2.61. The fraction of sp³-hybridized carbons (Fsp3) is 0.132. The summed E-state index contributed by atoms with van der Waals surface area (Å²) in [6.45, 7) is 6.95. The second-order valence-corrected chi connectivity index (χ2v) is 15.1. The van der Waals surface area contributed by atoms with Crippen LogP contribution in [0.2, 0.25) is 0 Å². The topological polar surface area (TPSA) is 3.24 Å². The summed E-state index contributed by atoms with van der Waals surface area (Å²) in [4.78, 5) is 2.50. The number of nitrogens with zero attached hydrogens (tertiary/aromatic N) is 1. The highest BCUT2D eigenvalue weighted by Gasteiger charge is 2.46. The van der Waals surface area contributed by atoms with Crippen molar-refractivity contribution in [3.8, 4) is 22.3 Å². The summed E-state index contributed by atoms with van der Waals surface area (Å²) in [7, 11) is 0. The lowest BCUT2D eigenvalue weighted by molar-refractivity contribution is 0.491. The maximum Gasteiger partial charge on any atom is 0.0714 e. The lowest BCUT2D eigenvalue weighted by Crippen LogP contribution is -2.28. The molecule has 8 aromatic carbocycles. The molecule has 0 fully saturated rings. The van der Waals surface area contributed by atoms with Gasteiger partial charge in [-0.15, -0.1) is 0 Å². The van der Waals surface area contributed by atoms with E-state index in [1.165, 1.54) is 83.3 Å². The fourth-order valence-electron chi connectivity index (χ4n) is 10.1. The van der Waals surface area contributed by atoms with Crippen molar-refractivity contribution >= 4 is 27.8 Å². The summed E-state index contributed by atoms with van der Waals surface area (Å²) in [6.07, 6.45) is 2.13. The van der Waals surface area contributed by atoms with Gasteiger partial charge in [-0.2, -0.15) is 0 Å². The van der Waals surface area contributed by atoms with Crippen LogP contribution in [-0.4, -0.2) is 0 Å². The highest BCUT2D eigenvalue weighted by molar-refractivity contribution is 5.96. The van der Waals surface area contributed by atoms with Gasteiger partial charge in [-0.1, -0.05) is 153 Å². The first-order valence-corrected chi connectivity index (χ1v) is 19.5. The smallest absolute Gasteiger partial charge is 0.0714 e. The summed E-state index contributed by atoms with van der Waals surface area (Å²) >= 11 is 0. The Morgan fingerprint density at radius 3 is 1.67 bits per heavy atom. The average molecular weight is 694 g/mol. The minimum atomic E-state index is -0.471. The van der Waals surface area contributed by atoms with E-state index in [0.29, 0.717) is 0 Å². The van der Waals surface area contributed by atoms with Crippen molar-refractivity contribution in [2.45, 2.75) is 44.4 Å². The maximum atomic E-state index is 2.50. The molecule has 1 heteroatoms. The lowest BCUT2D eigenvalue weighted by Gasteiger charge is -2.35. The summed E-state index contributed by atoms with van der Waals surface area (Å²) in [6, 6.07) is 68.3. The molecule has 0 amide bonds. The molecule has 0 unspecified atom stereocenters. The Hall–Kier alpha value is -6.18. The molecule has 0 aliphatic heterocycles. The van der Waals surface area contributed by atoms with Crippen molar-refractivity contribution in [3.05, 3.63) is 221 Å². The zero-order valence-electron chi connectivity index (χ0n) is 31.2. The SMILES string of the molecule is CCC1(CC)c2ccc(N(c3ccc4c(c3)C(c3ccccc3)(c3ccccc3)c3ccccc3-4)c3ccccc3C)cc2-c2cc3ccccc3cc21. The van der Waals surface area contributed by atoms with Gasteiger partial charge in [-0.25, -0.2) is 0 Å².